The molecule has 134 valence electrons. The Morgan fingerprint density at radius 1 is 1.20 bits per heavy atom. The predicted molar refractivity (Wildman–Crippen MR) is 99.1 cm³/mol. The summed E-state index contributed by atoms with van der Waals surface area (Å²) in [7, 11) is 0. The van der Waals surface area contributed by atoms with Gasteiger partial charge in [0.05, 0.1) is 6.61 Å². The molecule has 6 atom stereocenters. The zero-order chi connectivity index (χ0) is 17.2. The Bertz CT molecular complexity index is 686. The van der Waals surface area contributed by atoms with E-state index in [1.165, 1.54) is 36.8 Å². The molecule has 25 heavy (non-hydrogen) atoms. The van der Waals surface area contributed by atoms with Crippen molar-refractivity contribution in [1.82, 2.24) is 0 Å². The molecule has 0 bridgehead atoms. The van der Waals surface area contributed by atoms with Gasteiger partial charge in [0, 0.05) is 11.8 Å². The molecule has 0 radical (unpaired) electrons. The van der Waals surface area contributed by atoms with Gasteiger partial charge in [-0.2, -0.15) is 0 Å². The minimum absolute atomic E-state index is 0.184. The average molecular weight is 338 g/mol. The third-order valence-electron chi connectivity index (χ3n) is 8.55. The topological polar surface area (TPSA) is 26.3 Å². The molecular weight excluding hydrogens is 308 g/mol. The summed E-state index contributed by atoms with van der Waals surface area (Å²) in [6.07, 6.45) is 15.9. The number of ketones is 1. The highest BCUT2D eigenvalue weighted by atomic mass is 16.5. The molecule has 5 aliphatic rings. The largest absolute Gasteiger partial charge is 0.366 e. The van der Waals surface area contributed by atoms with Gasteiger partial charge in [-0.3, -0.25) is 4.79 Å². The normalized spacial score (nSPS) is 48.3. The second kappa shape index (κ2) is 5.42. The van der Waals surface area contributed by atoms with Crippen molar-refractivity contribution in [2.45, 2.75) is 63.9 Å². The number of carbonyl (C=O) groups is 1. The summed E-state index contributed by atoms with van der Waals surface area (Å²) in [4.78, 5) is 11.9. The molecule has 0 aromatic heterocycles. The Morgan fingerprint density at radius 3 is 2.84 bits per heavy atom. The summed E-state index contributed by atoms with van der Waals surface area (Å²) in [6, 6.07) is 0. The molecule has 1 spiro atoms. The van der Waals surface area contributed by atoms with Crippen LogP contribution in [0.4, 0.5) is 0 Å². The van der Waals surface area contributed by atoms with Crippen LogP contribution in [0.1, 0.15) is 58.3 Å². The minimum Gasteiger partial charge on any atom is -0.366 e. The van der Waals surface area contributed by atoms with Gasteiger partial charge in [0.15, 0.2) is 5.78 Å². The van der Waals surface area contributed by atoms with E-state index < -0.39 is 0 Å². The highest BCUT2D eigenvalue weighted by Crippen LogP contribution is 2.67. The maximum Gasteiger partial charge on any atom is 0.155 e. The van der Waals surface area contributed by atoms with Gasteiger partial charge in [0.1, 0.15) is 5.60 Å². The first-order valence-electron chi connectivity index (χ1n) is 10.4. The third kappa shape index (κ3) is 1.92. The van der Waals surface area contributed by atoms with Crippen LogP contribution in [0, 0.1) is 29.1 Å². The zero-order valence-electron chi connectivity index (χ0n) is 15.4. The highest BCUT2D eigenvalue weighted by Gasteiger charge is 2.64. The number of ether oxygens (including phenoxy) is 1. The molecule has 1 aliphatic heterocycles. The van der Waals surface area contributed by atoms with E-state index in [1.54, 1.807) is 0 Å². The molecular formula is C23H30O2. The molecule has 1 saturated heterocycles. The lowest BCUT2D eigenvalue weighted by Gasteiger charge is -2.57. The van der Waals surface area contributed by atoms with Crippen LogP contribution in [-0.2, 0) is 9.53 Å². The molecule has 0 aromatic rings. The van der Waals surface area contributed by atoms with Crippen LogP contribution in [-0.4, -0.2) is 18.0 Å². The van der Waals surface area contributed by atoms with Gasteiger partial charge in [-0.1, -0.05) is 31.2 Å². The van der Waals surface area contributed by atoms with Gasteiger partial charge in [-0.15, -0.1) is 0 Å². The maximum absolute atomic E-state index is 11.9. The van der Waals surface area contributed by atoms with E-state index in [0.717, 1.165) is 44.1 Å². The van der Waals surface area contributed by atoms with Crippen molar-refractivity contribution in [3.05, 3.63) is 36.0 Å². The number of hydrogen-bond donors (Lipinski definition) is 0. The van der Waals surface area contributed by atoms with Crippen molar-refractivity contribution in [2.75, 3.05) is 6.61 Å². The van der Waals surface area contributed by atoms with Crippen molar-refractivity contribution in [3.8, 4) is 0 Å². The summed E-state index contributed by atoms with van der Waals surface area (Å²) in [5.74, 6) is 3.19. The molecule has 0 N–H and O–H groups in total. The van der Waals surface area contributed by atoms with Gasteiger partial charge in [-0.25, -0.2) is 0 Å². The fourth-order valence-electron chi connectivity index (χ4n) is 7.45. The lowest BCUT2D eigenvalue weighted by molar-refractivity contribution is -0.118. The molecule has 0 unspecified atom stereocenters. The van der Waals surface area contributed by atoms with Crippen molar-refractivity contribution < 1.29 is 9.53 Å². The fourth-order valence-corrected chi connectivity index (χ4v) is 7.45. The Kier molecular flexibility index (Phi) is 3.48. The van der Waals surface area contributed by atoms with Crippen molar-refractivity contribution in [3.63, 3.8) is 0 Å². The molecule has 1 heterocycles. The first kappa shape index (κ1) is 16.1. The first-order valence-corrected chi connectivity index (χ1v) is 10.4. The molecule has 2 heteroatoms. The van der Waals surface area contributed by atoms with E-state index in [-0.39, 0.29) is 11.0 Å². The van der Waals surface area contributed by atoms with E-state index in [9.17, 15) is 4.79 Å². The van der Waals surface area contributed by atoms with Crippen LogP contribution in [0.15, 0.2) is 36.0 Å². The summed E-state index contributed by atoms with van der Waals surface area (Å²) in [6.45, 7) is 7.63. The van der Waals surface area contributed by atoms with E-state index in [1.807, 2.05) is 6.08 Å². The number of fused-ring (bicyclic) bond motifs is 6. The monoisotopic (exact) mass is 338 g/mol. The molecule has 0 amide bonds. The Balaban J connectivity index is 1.51. The van der Waals surface area contributed by atoms with Gasteiger partial charge in [0.25, 0.3) is 0 Å². The number of carbonyl (C=O) groups excluding carboxylic acids is 1. The minimum atomic E-state index is -0.184. The Morgan fingerprint density at radius 2 is 2.08 bits per heavy atom. The Labute approximate surface area is 151 Å². The summed E-state index contributed by atoms with van der Waals surface area (Å²) >= 11 is 0. The fraction of sp³-hybridized carbons (Fsp3) is 0.696. The summed E-state index contributed by atoms with van der Waals surface area (Å²) in [5.41, 5.74) is 2.83. The van der Waals surface area contributed by atoms with Gasteiger partial charge in [-0.05, 0) is 80.3 Å². The molecule has 0 aromatic carbocycles. The second-order valence-corrected chi connectivity index (χ2v) is 9.07. The van der Waals surface area contributed by atoms with E-state index in [4.69, 9.17) is 4.74 Å². The Hall–Kier alpha value is -1.15. The molecule has 3 fully saturated rings. The first-order chi connectivity index (χ1) is 12.1. The lowest BCUT2D eigenvalue weighted by atomic mass is 9.48. The third-order valence-corrected chi connectivity index (χ3v) is 8.55. The average Bonchev–Trinajstić information content (AvgIpc) is 3.17. The van der Waals surface area contributed by atoms with Gasteiger partial charge < -0.3 is 4.74 Å². The van der Waals surface area contributed by atoms with Gasteiger partial charge in [0.2, 0.25) is 0 Å². The predicted octanol–water partition coefficient (Wildman–Crippen LogP) is 5.01. The second-order valence-electron chi connectivity index (χ2n) is 9.07. The van der Waals surface area contributed by atoms with Crippen LogP contribution in [0.25, 0.3) is 0 Å². The van der Waals surface area contributed by atoms with Crippen molar-refractivity contribution >= 4 is 5.78 Å². The van der Waals surface area contributed by atoms with Crippen molar-refractivity contribution in [1.29, 1.82) is 0 Å². The lowest BCUT2D eigenvalue weighted by Crippen LogP contribution is -2.54. The van der Waals surface area contributed by atoms with E-state index in [2.05, 4.69) is 25.7 Å². The van der Waals surface area contributed by atoms with Crippen LogP contribution < -0.4 is 0 Å². The molecule has 5 rings (SSSR count). The van der Waals surface area contributed by atoms with E-state index >= 15 is 0 Å². The SMILES string of the molecule is C=C1CCO[C@@]12C=C[C@H]1[C@@H]3CCC4=CC(=O)CC[C@@H]4[C@H]3CC[C@@]12CC. The smallest absolute Gasteiger partial charge is 0.155 e. The number of hydrogen-bond acceptors (Lipinski definition) is 2. The van der Waals surface area contributed by atoms with Crippen molar-refractivity contribution in [2.24, 2.45) is 29.1 Å². The molecule has 2 nitrogen and oxygen atoms in total. The summed E-state index contributed by atoms with van der Waals surface area (Å²) < 4.78 is 6.44. The molecule has 2 saturated carbocycles. The zero-order valence-corrected chi connectivity index (χ0v) is 15.4. The molecule has 4 aliphatic carbocycles. The standard InChI is InChI=1S/C23H30O2/c1-3-22-11-8-19-18-7-5-17(24)14-16(18)4-6-20(19)21(22)9-12-23(22)15(2)10-13-25-23/h9,12,14,18-21H,2-8,10-11,13H2,1H3/t18-,19+,20+,21-,22-,23-/m0/s1. The van der Waals surface area contributed by atoms with Crippen LogP contribution in [0.2, 0.25) is 0 Å². The summed E-state index contributed by atoms with van der Waals surface area (Å²) in [5, 5.41) is 0. The quantitative estimate of drug-likeness (QED) is 0.628. The van der Waals surface area contributed by atoms with Crippen LogP contribution in [0.3, 0.4) is 0 Å². The van der Waals surface area contributed by atoms with Gasteiger partial charge >= 0.3 is 0 Å². The highest BCUT2D eigenvalue weighted by molar-refractivity contribution is 5.91. The number of rotatable bonds is 1. The van der Waals surface area contributed by atoms with Crippen LogP contribution in [0.5, 0.6) is 0 Å². The van der Waals surface area contributed by atoms with Crippen LogP contribution >= 0.6 is 0 Å². The number of allylic oxidation sites excluding steroid dienone is 3. The van der Waals surface area contributed by atoms with E-state index in [0.29, 0.717) is 17.6 Å². The maximum atomic E-state index is 11.9.